The van der Waals surface area contributed by atoms with Crippen LogP contribution in [0.5, 0.6) is 5.88 Å². The third kappa shape index (κ3) is 2.34. The fraction of sp³-hybridized carbons (Fsp3) is 0.267. The van der Waals surface area contributed by atoms with Gasteiger partial charge >= 0.3 is 0 Å². The van der Waals surface area contributed by atoms with Crippen LogP contribution in [-0.4, -0.2) is 34.4 Å². The van der Waals surface area contributed by atoms with Crippen molar-refractivity contribution in [3.8, 4) is 5.88 Å². The zero-order valence-corrected chi connectivity index (χ0v) is 11.2. The number of amides is 1. The third-order valence-corrected chi connectivity index (χ3v) is 3.42. The molecule has 1 aliphatic heterocycles. The minimum atomic E-state index is 0.0261. The maximum absolute atomic E-state index is 12.5. The molecule has 0 aliphatic carbocycles. The Morgan fingerprint density at radius 1 is 1.25 bits per heavy atom. The summed E-state index contributed by atoms with van der Waals surface area (Å²) in [6.45, 7) is 1.28. The Balaban J connectivity index is 1.82. The van der Waals surface area contributed by atoms with E-state index in [1.54, 1.807) is 31.6 Å². The van der Waals surface area contributed by atoms with Crippen molar-refractivity contribution in [1.29, 1.82) is 0 Å². The van der Waals surface area contributed by atoms with Gasteiger partial charge in [0.15, 0.2) is 0 Å². The summed E-state index contributed by atoms with van der Waals surface area (Å²) < 4.78 is 5.10. The molecule has 1 aliphatic rings. The van der Waals surface area contributed by atoms with Gasteiger partial charge in [0.05, 0.1) is 18.4 Å². The monoisotopic (exact) mass is 269 g/mol. The summed E-state index contributed by atoms with van der Waals surface area (Å²) in [5, 5.41) is 0. The molecule has 3 rings (SSSR count). The summed E-state index contributed by atoms with van der Waals surface area (Å²) in [5.74, 6) is 0.581. The fourth-order valence-electron chi connectivity index (χ4n) is 2.35. The molecule has 0 unspecified atom stereocenters. The van der Waals surface area contributed by atoms with E-state index in [0.29, 0.717) is 24.5 Å². The molecule has 0 fully saturated rings. The lowest BCUT2D eigenvalue weighted by Gasteiger charge is -2.28. The Kier molecular flexibility index (Phi) is 3.33. The highest BCUT2D eigenvalue weighted by atomic mass is 16.5. The van der Waals surface area contributed by atoms with Crippen LogP contribution in [0.15, 0.2) is 36.7 Å². The van der Waals surface area contributed by atoms with E-state index in [-0.39, 0.29) is 5.91 Å². The summed E-state index contributed by atoms with van der Waals surface area (Å²) in [6.07, 6.45) is 4.23. The largest absolute Gasteiger partial charge is 0.481 e. The van der Waals surface area contributed by atoms with Gasteiger partial charge in [-0.3, -0.25) is 9.78 Å². The van der Waals surface area contributed by atoms with Gasteiger partial charge in [0.1, 0.15) is 0 Å². The summed E-state index contributed by atoms with van der Waals surface area (Å²) in [7, 11) is 1.58. The minimum Gasteiger partial charge on any atom is -0.481 e. The predicted molar refractivity (Wildman–Crippen MR) is 73.5 cm³/mol. The molecule has 5 heteroatoms. The van der Waals surface area contributed by atoms with Crippen LogP contribution < -0.4 is 4.74 Å². The average molecular weight is 269 g/mol. The Morgan fingerprint density at radius 3 is 2.80 bits per heavy atom. The van der Waals surface area contributed by atoms with Crippen molar-refractivity contribution >= 4 is 5.91 Å². The van der Waals surface area contributed by atoms with E-state index in [2.05, 4.69) is 9.97 Å². The maximum atomic E-state index is 12.5. The second-order valence-electron chi connectivity index (χ2n) is 4.68. The smallest absolute Gasteiger partial charge is 0.256 e. The molecular weight excluding hydrogens is 254 g/mol. The first-order valence-corrected chi connectivity index (χ1v) is 6.50. The second kappa shape index (κ2) is 5.28. The van der Waals surface area contributed by atoms with Crippen LogP contribution in [0.1, 0.15) is 21.6 Å². The van der Waals surface area contributed by atoms with Gasteiger partial charge in [-0.05, 0) is 23.8 Å². The van der Waals surface area contributed by atoms with Crippen LogP contribution in [0.25, 0.3) is 0 Å². The first-order chi connectivity index (χ1) is 9.78. The van der Waals surface area contributed by atoms with Crippen molar-refractivity contribution < 1.29 is 9.53 Å². The number of fused-ring (bicyclic) bond motifs is 1. The molecule has 0 aromatic carbocycles. The molecule has 0 radical (unpaired) electrons. The first kappa shape index (κ1) is 12.6. The lowest BCUT2D eigenvalue weighted by Crippen LogP contribution is -2.37. The molecule has 1 amide bonds. The van der Waals surface area contributed by atoms with Crippen molar-refractivity contribution in [2.45, 2.75) is 13.0 Å². The topological polar surface area (TPSA) is 55.3 Å². The van der Waals surface area contributed by atoms with E-state index in [4.69, 9.17) is 4.74 Å². The number of carbonyl (C=O) groups excluding carboxylic acids is 1. The van der Waals surface area contributed by atoms with Crippen LogP contribution in [0.4, 0.5) is 0 Å². The molecular formula is C15H15N3O2. The lowest BCUT2D eigenvalue weighted by molar-refractivity contribution is 0.0724. The number of nitrogens with zero attached hydrogens (tertiary/aromatic N) is 3. The first-order valence-electron chi connectivity index (χ1n) is 6.50. The molecule has 102 valence electrons. The van der Waals surface area contributed by atoms with Gasteiger partial charge < -0.3 is 9.64 Å². The highest BCUT2D eigenvalue weighted by Gasteiger charge is 2.25. The Labute approximate surface area is 117 Å². The second-order valence-corrected chi connectivity index (χ2v) is 4.68. The van der Waals surface area contributed by atoms with E-state index >= 15 is 0 Å². The number of hydrogen-bond donors (Lipinski definition) is 0. The van der Waals surface area contributed by atoms with E-state index in [1.165, 1.54) is 0 Å². The van der Waals surface area contributed by atoms with Gasteiger partial charge in [-0.2, -0.15) is 0 Å². The number of pyridine rings is 2. The normalized spacial score (nSPS) is 14.1. The third-order valence-electron chi connectivity index (χ3n) is 3.42. The van der Waals surface area contributed by atoms with Gasteiger partial charge in [0.25, 0.3) is 5.91 Å². The summed E-state index contributed by atoms with van der Waals surface area (Å²) >= 11 is 0. The molecule has 2 aromatic heterocycles. The summed E-state index contributed by atoms with van der Waals surface area (Å²) in [6, 6.07) is 7.37. The van der Waals surface area contributed by atoms with E-state index in [1.807, 2.05) is 17.0 Å². The number of aromatic nitrogens is 2. The van der Waals surface area contributed by atoms with Crippen LogP contribution in [0, 0.1) is 0 Å². The number of ether oxygens (including phenoxy) is 1. The maximum Gasteiger partial charge on any atom is 0.256 e. The lowest BCUT2D eigenvalue weighted by atomic mass is 10.0. The summed E-state index contributed by atoms with van der Waals surface area (Å²) in [5.41, 5.74) is 2.57. The Bertz CT molecular complexity index is 628. The van der Waals surface area contributed by atoms with Crippen molar-refractivity contribution in [3.63, 3.8) is 0 Å². The van der Waals surface area contributed by atoms with Crippen molar-refractivity contribution in [2.75, 3.05) is 13.7 Å². The standard InChI is InChI=1S/C15H15N3O2/c1-20-14-3-2-12-13(17-14)6-9-18(15(12)19)10-11-4-7-16-8-5-11/h2-5,7-8H,6,9-10H2,1H3. The molecule has 2 aromatic rings. The number of methoxy groups -OCH3 is 1. The molecule has 0 N–H and O–H groups in total. The van der Waals surface area contributed by atoms with Gasteiger partial charge in [-0.25, -0.2) is 4.98 Å². The quantitative estimate of drug-likeness (QED) is 0.850. The van der Waals surface area contributed by atoms with Crippen molar-refractivity contribution in [3.05, 3.63) is 53.5 Å². The molecule has 20 heavy (non-hydrogen) atoms. The highest BCUT2D eigenvalue weighted by molar-refractivity contribution is 5.96. The van der Waals surface area contributed by atoms with Gasteiger partial charge in [0.2, 0.25) is 5.88 Å². The molecule has 0 saturated heterocycles. The van der Waals surface area contributed by atoms with Gasteiger partial charge in [-0.1, -0.05) is 0 Å². The van der Waals surface area contributed by atoms with E-state index in [0.717, 1.165) is 17.7 Å². The van der Waals surface area contributed by atoms with Crippen LogP contribution in [-0.2, 0) is 13.0 Å². The number of carbonyl (C=O) groups is 1. The molecule has 0 saturated carbocycles. The van der Waals surface area contributed by atoms with E-state index in [9.17, 15) is 4.79 Å². The Hall–Kier alpha value is -2.43. The number of rotatable bonds is 3. The predicted octanol–water partition coefficient (Wildman–Crippen LogP) is 1.68. The van der Waals surface area contributed by atoms with Crippen molar-refractivity contribution in [2.24, 2.45) is 0 Å². The fourth-order valence-corrected chi connectivity index (χ4v) is 2.35. The SMILES string of the molecule is COc1ccc2c(n1)CCN(Cc1ccncc1)C2=O. The molecule has 3 heterocycles. The van der Waals surface area contributed by atoms with Crippen LogP contribution in [0.3, 0.4) is 0 Å². The zero-order valence-electron chi connectivity index (χ0n) is 11.2. The van der Waals surface area contributed by atoms with E-state index < -0.39 is 0 Å². The van der Waals surface area contributed by atoms with Crippen LogP contribution in [0.2, 0.25) is 0 Å². The average Bonchev–Trinajstić information content (AvgIpc) is 2.51. The van der Waals surface area contributed by atoms with Gasteiger partial charge in [0, 0.05) is 38.0 Å². The number of hydrogen-bond acceptors (Lipinski definition) is 4. The van der Waals surface area contributed by atoms with Crippen molar-refractivity contribution in [1.82, 2.24) is 14.9 Å². The highest BCUT2D eigenvalue weighted by Crippen LogP contribution is 2.21. The molecule has 0 spiro atoms. The van der Waals surface area contributed by atoms with Crippen LogP contribution >= 0.6 is 0 Å². The zero-order chi connectivity index (χ0) is 13.9. The van der Waals surface area contributed by atoms with Gasteiger partial charge in [-0.15, -0.1) is 0 Å². The molecule has 0 atom stereocenters. The summed E-state index contributed by atoms with van der Waals surface area (Å²) in [4.78, 5) is 22.6. The minimum absolute atomic E-state index is 0.0261. The molecule has 5 nitrogen and oxygen atoms in total. The Morgan fingerprint density at radius 2 is 2.05 bits per heavy atom. The molecule has 0 bridgehead atoms.